The van der Waals surface area contributed by atoms with Crippen LogP contribution in [0.2, 0.25) is 0 Å². The SMILES string of the molecule is NC(=O)C(O)C1(N)CCOC1. The third-order valence-corrected chi connectivity index (χ3v) is 1.90. The number of carbonyl (C=O) groups is 1. The second-order valence-corrected chi connectivity index (χ2v) is 2.84. The molecule has 11 heavy (non-hydrogen) atoms. The standard InChI is InChI=1S/C6H12N2O3/c7-5(10)4(9)6(8)1-2-11-3-6/h4,9H,1-3,8H2,(H2,7,10). The highest BCUT2D eigenvalue weighted by Gasteiger charge is 2.40. The lowest BCUT2D eigenvalue weighted by molar-refractivity contribution is -0.129. The predicted molar refractivity (Wildman–Crippen MR) is 37.6 cm³/mol. The highest BCUT2D eigenvalue weighted by Crippen LogP contribution is 2.19. The van der Waals surface area contributed by atoms with E-state index in [0.29, 0.717) is 13.0 Å². The van der Waals surface area contributed by atoms with Gasteiger partial charge >= 0.3 is 0 Å². The molecule has 2 unspecified atom stereocenters. The number of aliphatic hydroxyl groups excluding tert-OH is 1. The topological polar surface area (TPSA) is 98.6 Å². The molecule has 2 atom stereocenters. The van der Waals surface area contributed by atoms with Gasteiger partial charge in [-0.1, -0.05) is 0 Å². The molecule has 0 aromatic carbocycles. The fourth-order valence-electron chi connectivity index (χ4n) is 1.10. The van der Waals surface area contributed by atoms with E-state index in [0.717, 1.165) is 0 Å². The average molecular weight is 160 g/mol. The Hall–Kier alpha value is -0.650. The lowest BCUT2D eigenvalue weighted by atomic mass is 9.92. The van der Waals surface area contributed by atoms with Gasteiger partial charge in [0.15, 0.2) is 6.10 Å². The molecule has 1 heterocycles. The summed E-state index contributed by atoms with van der Waals surface area (Å²) < 4.78 is 4.94. The number of nitrogens with two attached hydrogens (primary N) is 2. The molecule has 1 amide bonds. The monoisotopic (exact) mass is 160 g/mol. The molecule has 0 aliphatic carbocycles. The molecule has 1 saturated heterocycles. The summed E-state index contributed by atoms with van der Waals surface area (Å²) >= 11 is 0. The quantitative estimate of drug-likeness (QED) is 0.433. The van der Waals surface area contributed by atoms with E-state index in [4.69, 9.17) is 16.2 Å². The fraction of sp³-hybridized carbons (Fsp3) is 0.833. The van der Waals surface area contributed by atoms with Gasteiger partial charge in [0.2, 0.25) is 5.91 Å². The molecule has 1 aliphatic rings. The maximum absolute atomic E-state index is 10.5. The molecule has 0 bridgehead atoms. The minimum atomic E-state index is -1.30. The van der Waals surface area contributed by atoms with Gasteiger partial charge in [0.1, 0.15) is 0 Å². The number of carbonyl (C=O) groups excluding carboxylic acids is 1. The molecular weight excluding hydrogens is 148 g/mol. The molecule has 5 N–H and O–H groups in total. The Labute approximate surface area is 64.3 Å². The Kier molecular flexibility index (Phi) is 2.12. The average Bonchev–Trinajstić information content (AvgIpc) is 2.35. The number of ether oxygens (including phenoxy) is 1. The molecule has 0 aromatic heterocycles. The summed E-state index contributed by atoms with van der Waals surface area (Å²) in [5.41, 5.74) is 9.54. The van der Waals surface area contributed by atoms with Crippen molar-refractivity contribution in [3.63, 3.8) is 0 Å². The van der Waals surface area contributed by atoms with E-state index in [2.05, 4.69) is 0 Å². The van der Waals surface area contributed by atoms with Crippen molar-refractivity contribution >= 4 is 5.91 Å². The van der Waals surface area contributed by atoms with E-state index in [1.54, 1.807) is 0 Å². The Bertz CT molecular complexity index is 165. The molecule has 5 nitrogen and oxygen atoms in total. The van der Waals surface area contributed by atoms with Crippen molar-refractivity contribution in [2.75, 3.05) is 13.2 Å². The zero-order valence-corrected chi connectivity index (χ0v) is 6.12. The van der Waals surface area contributed by atoms with E-state index in [1.165, 1.54) is 0 Å². The zero-order chi connectivity index (χ0) is 8.48. The van der Waals surface area contributed by atoms with Crippen LogP contribution in [0.25, 0.3) is 0 Å². The van der Waals surface area contributed by atoms with E-state index < -0.39 is 17.6 Å². The van der Waals surface area contributed by atoms with Crippen LogP contribution in [-0.4, -0.2) is 35.9 Å². The summed E-state index contributed by atoms with van der Waals surface area (Å²) in [6.45, 7) is 0.665. The van der Waals surface area contributed by atoms with Crippen LogP contribution < -0.4 is 11.5 Å². The highest BCUT2D eigenvalue weighted by molar-refractivity contribution is 5.80. The molecule has 0 saturated carbocycles. The Balaban J connectivity index is 2.63. The first kappa shape index (κ1) is 8.45. The fourth-order valence-corrected chi connectivity index (χ4v) is 1.10. The number of hydrogen-bond donors (Lipinski definition) is 3. The van der Waals surface area contributed by atoms with Crippen molar-refractivity contribution in [2.24, 2.45) is 11.5 Å². The number of primary amides is 1. The summed E-state index contributed by atoms with van der Waals surface area (Å²) in [7, 11) is 0. The molecule has 64 valence electrons. The second kappa shape index (κ2) is 2.77. The highest BCUT2D eigenvalue weighted by atomic mass is 16.5. The minimum Gasteiger partial charge on any atom is -0.381 e. The number of rotatable bonds is 2. The van der Waals surface area contributed by atoms with E-state index in [1.807, 2.05) is 0 Å². The van der Waals surface area contributed by atoms with Crippen LogP contribution in [0, 0.1) is 0 Å². The molecule has 5 heteroatoms. The summed E-state index contributed by atoms with van der Waals surface area (Å²) in [5, 5.41) is 9.21. The van der Waals surface area contributed by atoms with Gasteiger partial charge < -0.3 is 21.3 Å². The molecular formula is C6H12N2O3. The number of amides is 1. The lowest BCUT2D eigenvalue weighted by Crippen LogP contribution is -2.56. The second-order valence-electron chi connectivity index (χ2n) is 2.84. The van der Waals surface area contributed by atoms with E-state index in [9.17, 15) is 9.90 Å². The van der Waals surface area contributed by atoms with Crippen LogP contribution in [0.1, 0.15) is 6.42 Å². The van der Waals surface area contributed by atoms with Gasteiger partial charge in [0, 0.05) is 6.61 Å². The first-order valence-corrected chi connectivity index (χ1v) is 3.40. The van der Waals surface area contributed by atoms with Crippen LogP contribution in [0.4, 0.5) is 0 Å². The number of hydrogen-bond acceptors (Lipinski definition) is 4. The predicted octanol–water partition coefficient (Wildman–Crippen LogP) is -2.05. The van der Waals surface area contributed by atoms with Crippen molar-refractivity contribution in [1.29, 1.82) is 0 Å². The van der Waals surface area contributed by atoms with Crippen LogP contribution in [0.15, 0.2) is 0 Å². The van der Waals surface area contributed by atoms with Crippen molar-refractivity contribution in [2.45, 2.75) is 18.1 Å². The first-order chi connectivity index (χ1) is 5.06. The van der Waals surface area contributed by atoms with Crippen LogP contribution in [0.5, 0.6) is 0 Å². The van der Waals surface area contributed by atoms with Crippen molar-refractivity contribution in [3.8, 4) is 0 Å². The van der Waals surface area contributed by atoms with Gasteiger partial charge in [-0.05, 0) is 6.42 Å². The van der Waals surface area contributed by atoms with E-state index >= 15 is 0 Å². The van der Waals surface area contributed by atoms with Crippen molar-refractivity contribution in [1.82, 2.24) is 0 Å². The summed E-state index contributed by atoms with van der Waals surface area (Å²) in [6.07, 6.45) is -0.832. The van der Waals surface area contributed by atoms with Crippen LogP contribution in [-0.2, 0) is 9.53 Å². The van der Waals surface area contributed by atoms with Gasteiger partial charge in [-0.2, -0.15) is 0 Å². The normalized spacial score (nSPS) is 33.6. The Morgan fingerprint density at radius 1 is 1.73 bits per heavy atom. The smallest absolute Gasteiger partial charge is 0.248 e. The largest absolute Gasteiger partial charge is 0.381 e. The maximum Gasteiger partial charge on any atom is 0.248 e. The van der Waals surface area contributed by atoms with Gasteiger partial charge in [-0.3, -0.25) is 4.79 Å². The summed E-state index contributed by atoms with van der Waals surface area (Å²) in [4.78, 5) is 10.5. The third kappa shape index (κ3) is 1.50. The van der Waals surface area contributed by atoms with Gasteiger partial charge in [-0.25, -0.2) is 0 Å². The Morgan fingerprint density at radius 3 is 2.73 bits per heavy atom. The number of aliphatic hydroxyl groups is 1. The summed E-state index contributed by atoms with van der Waals surface area (Å²) in [5.74, 6) is -0.794. The van der Waals surface area contributed by atoms with Gasteiger partial charge in [0.25, 0.3) is 0 Å². The molecule has 1 fully saturated rings. The van der Waals surface area contributed by atoms with Crippen LogP contribution >= 0.6 is 0 Å². The molecule has 0 radical (unpaired) electrons. The third-order valence-electron chi connectivity index (χ3n) is 1.90. The maximum atomic E-state index is 10.5. The first-order valence-electron chi connectivity index (χ1n) is 3.40. The molecule has 1 aliphatic heterocycles. The van der Waals surface area contributed by atoms with Gasteiger partial charge in [0.05, 0.1) is 12.1 Å². The van der Waals surface area contributed by atoms with E-state index in [-0.39, 0.29) is 6.61 Å². The van der Waals surface area contributed by atoms with Crippen molar-refractivity contribution in [3.05, 3.63) is 0 Å². The zero-order valence-electron chi connectivity index (χ0n) is 6.12. The van der Waals surface area contributed by atoms with Crippen LogP contribution in [0.3, 0.4) is 0 Å². The molecule has 0 aromatic rings. The minimum absolute atomic E-state index is 0.192. The Morgan fingerprint density at radius 2 is 2.36 bits per heavy atom. The molecule has 1 rings (SSSR count). The lowest BCUT2D eigenvalue weighted by Gasteiger charge is -2.25. The summed E-state index contributed by atoms with van der Waals surface area (Å²) in [6, 6.07) is 0. The van der Waals surface area contributed by atoms with Gasteiger partial charge in [-0.15, -0.1) is 0 Å². The van der Waals surface area contributed by atoms with Crippen molar-refractivity contribution < 1.29 is 14.6 Å². The molecule has 0 spiro atoms.